The second-order valence-corrected chi connectivity index (χ2v) is 10.3. The van der Waals surface area contributed by atoms with Crippen LogP contribution >= 0.6 is 22.7 Å². The smallest absolute Gasteiger partial charge is 0.158 e. The SMILES string of the molecule is CCC(CC)c1cc(C)nn2c(-c3sc(-c4scc(C)c4C)c(C)c3C)c(C)nc12. The first kappa shape index (κ1) is 21.3. The van der Waals surface area contributed by atoms with Crippen LogP contribution in [0.4, 0.5) is 0 Å². The summed E-state index contributed by atoms with van der Waals surface area (Å²) in [7, 11) is 0. The zero-order valence-corrected chi connectivity index (χ0v) is 20.9. The predicted octanol–water partition coefficient (Wildman–Crippen LogP) is 7.94. The van der Waals surface area contributed by atoms with Gasteiger partial charge in [0.25, 0.3) is 0 Å². The Morgan fingerprint density at radius 3 is 2.17 bits per heavy atom. The number of aromatic nitrogens is 3. The lowest BCUT2D eigenvalue weighted by molar-refractivity contribution is 0.638. The normalized spacial score (nSPS) is 11.9. The van der Waals surface area contributed by atoms with Gasteiger partial charge in [-0.3, -0.25) is 0 Å². The molecule has 158 valence electrons. The van der Waals surface area contributed by atoms with Crippen molar-refractivity contribution in [3.63, 3.8) is 0 Å². The summed E-state index contributed by atoms with van der Waals surface area (Å²) >= 11 is 3.75. The lowest BCUT2D eigenvalue weighted by atomic mass is 9.95. The topological polar surface area (TPSA) is 30.2 Å². The molecule has 5 heteroatoms. The Hall–Kier alpha value is -1.98. The molecule has 0 radical (unpaired) electrons. The van der Waals surface area contributed by atoms with E-state index in [1.54, 1.807) is 0 Å². The van der Waals surface area contributed by atoms with Gasteiger partial charge in [0.15, 0.2) is 5.65 Å². The molecule has 0 aliphatic heterocycles. The van der Waals surface area contributed by atoms with E-state index < -0.39 is 0 Å². The summed E-state index contributed by atoms with van der Waals surface area (Å²) < 4.78 is 2.12. The number of hydrogen-bond acceptors (Lipinski definition) is 4. The molecule has 0 N–H and O–H groups in total. The van der Waals surface area contributed by atoms with Gasteiger partial charge >= 0.3 is 0 Å². The van der Waals surface area contributed by atoms with E-state index in [0.717, 1.165) is 35.6 Å². The fourth-order valence-corrected chi connectivity index (χ4v) is 7.07. The molecule has 0 amide bonds. The van der Waals surface area contributed by atoms with Crippen LogP contribution in [0.15, 0.2) is 11.4 Å². The van der Waals surface area contributed by atoms with Crippen LogP contribution in [0.3, 0.4) is 0 Å². The molecule has 0 aromatic carbocycles. The number of nitrogens with zero attached hydrogens (tertiary/aromatic N) is 3. The standard InChI is InChI=1S/C25H31N3S2/c1-9-19(10-2)20-11-14(4)27-28-21(18(8)26-25(20)28)22-16(6)17(7)24(30-22)23-15(5)13(3)12-29-23/h11-12,19H,9-10H2,1-8H3. The lowest BCUT2D eigenvalue weighted by Crippen LogP contribution is -2.05. The van der Waals surface area contributed by atoms with Crippen LogP contribution in [-0.4, -0.2) is 14.6 Å². The summed E-state index contributed by atoms with van der Waals surface area (Å²) in [6, 6.07) is 2.24. The van der Waals surface area contributed by atoms with Crippen LogP contribution in [0.5, 0.6) is 0 Å². The second kappa shape index (κ2) is 7.93. The molecular formula is C25H31N3S2. The van der Waals surface area contributed by atoms with Crippen molar-refractivity contribution in [2.45, 2.75) is 74.1 Å². The molecule has 0 atom stereocenters. The van der Waals surface area contributed by atoms with Crippen LogP contribution < -0.4 is 0 Å². The van der Waals surface area contributed by atoms with Crippen molar-refractivity contribution in [1.82, 2.24) is 14.6 Å². The summed E-state index contributed by atoms with van der Waals surface area (Å²) in [6.45, 7) is 17.7. The minimum atomic E-state index is 0.516. The largest absolute Gasteiger partial charge is 0.231 e. The highest BCUT2D eigenvalue weighted by atomic mass is 32.1. The summed E-state index contributed by atoms with van der Waals surface area (Å²) in [6.07, 6.45) is 2.24. The van der Waals surface area contributed by atoms with Crippen LogP contribution in [0, 0.1) is 41.5 Å². The van der Waals surface area contributed by atoms with Gasteiger partial charge in [0, 0.05) is 15.3 Å². The molecule has 4 heterocycles. The van der Waals surface area contributed by atoms with Crippen LogP contribution in [0.1, 0.15) is 71.8 Å². The number of imidazole rings is 1. The number of fused-ring (bicyclic) bond motifs is 1. The van der Waals surface area contributed by atoms with Gasteiger partial charge in [-0.2, -0.15) is 5.10 Å². The monoisotopic (exact) mass is 437 g/mol. The number of hydrogen-bond donors (Lipinski definition) is 0. The highest BCUT2D eigenvalue weighted by molar-refractivity contribution is 7.23. The third-order valence-electron chi connectivity index (χ3n) is 6.49. The molecule has 0 spiro atoms. The molecule has 0 aliphatic rings. The molecule has 0 saturated heterocycles. The van der Waals surface area contributed by atoms with Crippen LogP contribution in [-0.2, 0) is 0 Å². The zero-order valence-electron chi connectivity index (χ0n) is 19.3. The zero-order chi connectivity index (χ0) is 21.7. The van der Waals surface area contributed by atoms with E-state index in [-0.39, 0.29) is 0 Å². The van der Waals surface area contributed by atoms with E-state index in [1.165, 1.54) is 42.4 Å². The van der Waals surface area contributed by atoms with Gasteiger partial charge in [-0.05, 0) is 94.0 Å². The Balaban J connectivity index is 1.98. The van der Waals surface area contributed by atoms with E-state index in [9.17, 15) is 0 Å². The van der Waals surface area contributed by atoms with Crippen molar-refractivity contribution in [2.24, 2.45) is 0 Å². The molecule has 4 rings (SSSR count). The summed E-state index contributed by atoms with van der Waals surface area (Å²) in [5, 5.41) is 7.19. The summed E-state index contributed by atoms with van der Waals surface area (Å²) in [5.41, 5.74) is 11.1. The third-order valence-corrected chi connectivity index (χ3v) is 9.25. The average molecular weight is 438 g/mol. The Labute approximate surface area is 187 Å². The molecule has 30 heavy (non-hydrogen) atoms. The Kier molecular flexibility index (Phi) is 5.62. The van der Waals surface area contributed by atoms with E-state index in [0.29, 0.717) is 5.92 Å². The van der Waals surface area contributed by atoms with E-state index >= 15 is 0 Å². The highest BCUT2D eigenvalue weighted by Gasteiger charge is 2.24. The quantitative estimate of drug-likeness (QED) is 0.317. The molecule has 0 aliphatic carbocycles. The highest BCUT2D eigenvalue weighted by Crippen LogP contribution is 2.46. The van der Waals surface area contributed by atoms with Crippen molar-refractivity contribution in [3.8, 4) is 20.3 Å². The van der Waals surface area contributed by atoms with Crippen molar-refractivity contribution < 1.29 is 0 Å². The van der Waals surface area contributed by atoms with Gasteiger partial charge in [0.2, 0.25) is 0 Å². The van der Waals surface area contributed by atoms with Crippen LogP contribution in [0.2, 0.25) is 0 Å². The van der Waals surface area contributed by atoms with Gasteiger partial charge in [-0.15, -0.1) is 22.7 Å². The molecule has 4 aromatic heterocycles. The maximum atomic E-state index is 5.03. The van der Waals surface area contributed by atoms with E-state index in [2.05, 4.69) is 71.4 Å². The Bertz CT molecular complexity index is 1240. The van der Waals surface area contributed by atoms with Crippen molar-refractivity contribution >= 4 is 28.3 Å². The predicted molar refractivity (Wildman–Crippen MR) is 131 cm³/mol. The molecular weight excluding hydrogens is 406 g/mol. The molecule has 0 unspecified atom stereocenters. The molecule has 0 bridgehead atoms. The van der Waals surface area contributed by atoms with E-state index in [1.807, 2.05) is 22.7 Å². The average Bonchev–Trinajstić information content (AvgIpc) is 3.31. The molecule has 3 nitrogen and oxygen atoms in total. The van der Waals surface area contributed by atoms with Gasteiger partial charge in [0.05, 0.1) is 16.3 Å². The molecule has 0 fully saturated rings. The third kappa shape index (κ3) is 3.23. The number of aryl methyl sites for hydroxylation is 3. The van der Waals surface area contributed by atoms with Gasteiger partial charge in [-0.25, -0.2) is 9.50 Å². The summed E-state index contributed by atoms with van der Waals surface area (Å²) in [4.78, 5) is 9.12. The second-order valence-electron chi connectivity index (χ2n) is 8.42. The first-order valence-electron chi connectivity index (χ1n) is 10.8. The summed E-state index contributed by atoms with van der Waals surface area (Å²) in [5.74, 6) is 0.516. The Morgan fingerprint density at radius 1 is 0.900 bits per heavy atom. The minimum Gasteiger partial charge on any atom is -0.231 e. The number of thiophene rings is 2. The maximum absolute atomic E-state index is 5.03. The van der Waals surface area contributed by atoms with Crippen molar-refractivity contribution in [3.05, 3.63) is 50.7 Å². The van der Waals surface area contributed by atoms with Gasteiger partial charge in [0.1, 0.15) is 5.69 Å². The fourth-order valence-electron chi connectivity index (χ4n) is 4.33. The lowest BCUT2D eigenvalue weighted by Gasteiger charge is -2.14. The van der Waals surface area contributed by atoms with Gasteiger partial charge < -0.3 is 0 Å². The van der Waals surface area contributed by atoms with Gasteiger partial charge in [-0.1, -0.05) is 13.8 Å². The van der Waals surface area contributed by atoms with Crippen molar-refractivity contribution in [1.29, 1.82) is 0 Å². The minimum absolute atomic E-state index is 0.516. The first-order chi connectivity index (χ1) is 14.3. The van der Waals surface area contributed by atoms with Crippen molar-refractivity contribution in [2.75, 3.05) is 0 Å². The van der Waals surface area contributed by atoms with E-state index in [4.69, 9.17) is 10.1 Å². The number of rotatable bonds is 5. The fraction of sp³-hybridized carbons (Fsp3) is 0.440. The maximum Gasteiger partial charge on any atom is 0.158 e. The molecule has 0 saturated carbocycles. The Morgan fingerprint density at radius 2 is 1.57 bits per heavy atom. The van der Waals surface area contributed by atoms with Crippen LogP contribution in [0.25, 0.3) is 26.0 Å². The molecule has 4 aromatic rings. The first-order valence-corrected chi connectivity index (χ1v) is 12.5.